The summed E-state index contributed by atoms with van der Waals surface area (Å²) < 4.78 is 12.7. The Balaban J connectivity index is 2.09. The molecule has 176 valence electrons. The molecule has 0 radical (unpaired) electrons. The van der Waals surface area contributed by atoms with Crippen LogP contribution in [0, 0.1) is 0 Å². The van der Waals surface area contributed by atoms with Crippen molar-refractivity contribution in [3.63, 3.8) is 0 Å². The summed E-state index contributed by atoms with van der Waals surface area (Å²) in [4.78, 5) is 31.3. The van der Waals surface area contributed by atoms with Gasteiger partial charge in [0.15, 0.2) is 11.5 Å². The summed E-state index contributed by atoms with van der Waals surface area (Å²) in [5.41, 5.74) is 1.80. The number of ether oxygens (including phenoxy) is 2. The number of carbonyl (C=O) groups is 2. The van der Waals surface area contributed by atoms with Gasteiger partial charge in [0.1, 0.15) is 0 Å². The number of carbonyl (C=O) groups excluding carboxylic acids is 2. The van der Waals surface area contributed by atoms with Gasteiger partial charge in [-0.25, -0.2) is 9.88 Å². The van der Waals surface area contributed by atoms with Crippen LogP contribution in [-0.4, -0.2) is 35.3 Å². The first-order valence-electron chi connectivity index (χ1n) is 10.8. The largest absolute Gasteiger partial charge is 0.854 e. The standard InChI is InChI=1S/C24H24N4O5S/c1-5-18(29)27-16-12-8-7-10-14(16)20-22(31)25-24(34-4)26-28(20)23(27)15-11-9-13-17(32-3)21(15)33-19(30)6-2/h7-13,23H,5-6H2,1-4H3. The molecule has 1 atom stereocenters. The second kappa shape index (κ2) is 9.68. The Kier molecular flexibility index (Phi) is 6.69. The average molecular weight is 481 g/mol. The number of esters is 1. The van der Waals surface area contributed by atoms with Crippen molar-refractivity contribution >= 4 is 29.3 Å². The minimum absolute atomic E-state index is 0.149. The first-order chi connectivity index (χ1) is 16.4. The lowest BCUT2D eigenvalue weighted by molar-refractivity contribution is -0.764. The lowest BCUT2D eigenvalue weighted by Crippen LogP contribution is -2.59. The third kappa shape index (κ3) is 3.94. The zero-order valence-electron chi connectivity index (χ0n) is 19.3. The molecule has 0 bridgehead atoms. The molecule has 0 spiro atoms. The second-order valence-electron chi connectivity index (χ2n) is 7.41. The molecule has 2 aromatic carbocycles. The lowest BCUT2D eigenvalue weighted by Gasteiger charge is -2.34. The molecular formula is C24H24N4O5S. The summed E-state index contributed by atoms with van der Waals surface area (Å²) in [5.74, 6) is -0.619. The van der Waals surface area contributed by atoms with E-state index in [-0.39, 0.29) is 35.3 Å². The van der Waals surface area contributed by atoms with Crippen LogP contribution in [0.4, 0.5) is 5.69 Å². The molecule has 1 aliphatic heterocycles. The van der Waals surface area contributed by atoms with Crippen LogP contribution in [0.5, 0.6) is 17.4 Å². The maximum atomic E-state index is 13.4. The van der Waals surface area contributed by atoms with Crippen molar-refractivity contribution in [3.8, 4) is 28.6 Å². The van der Waals surface area contributed by atoms with Crippen molar-refractivity contribution in [2.45, 2.75) is 38.0 Å². The van der Waals surface area contributed by atoms with E-state index >= 15 is 0 Å². The van der Waals surface area contributed by atoms with E-state index in [9.17, 15) is 14.7 Å². The number of fused-ring (bicyclic) bond motifs is 3. The van der Waals surface area contributed by atoms with Gasteiger partial charge >= 0.3 is 5.97 Å². The molecule has 0 fully saturated rings. The predicted octanol–water partition coefficient (Wildman–Crippen LogP) is 2.85. The Morgan fingerprint density at radius 2 is 1.91 bits per heavy atom. The number of methoxy groups -OCH3 is 1. The van der Waals surface area contributed by atoms with E-state index in [2.05, 4.69) is 10.1 Å². The summed E-state index contributed by atoms with van der Waals surface area (Å²) >= 11 is 1.22. The first kappa shape index (κ1) is 23.5. The predicted molar refractivity (Wildman–Crippen MR) is 124 cm³/mol. The molecule has 9 nitrogen and oxygen atoms in total. The van der Waals surface area contributed by atoms with Crippen molar-refractivity contribution in [1.82, 2.24) is 10.1 Å². The van der Waals surface area contributed by atoms with E-state index in [4.69, 9.17) is 9.47 Å². The molecule has 1 amide bonds. The minimum atomic E-state index is -0.909. The molecule has 0 saturated heterocycles. The highest BCUT2D eigenvalue weighted by atomic mass is 32.2. The number of aromatic nitrogens is 3. The molecule has 0 N–H and O–H groups in total. The van der Waals surface area contributed by atoms with Crippen molar-refractivity contribution in [3.05, 3.63) is 48.0 Å². The topological polar surface area (TPSA) is 109 Å². The Morgan fingerprint density at radius 1 is 1.15 bits per heavy atom. The SMILES string of the molecule is CCC(=O)Oc1c(OC)cccc1C1N(C(=O)CC)c2ccccc2-c2c([O-])nc(SC)n[n+]21. The molecule has 10 heteroatoms. The second-order valence-corrected chi connectivity index (χ2v) is 8.18. The van der Waals surface area contributed by atoms with Crippen molar-refractivity contribution in [2.75, 3.05) is 18.3 Å². The summed E-state index contributed by atoms with van der Waals surface area (Å²) in [6.45, 7) is 3.45. The highest BCUT2D eigenvalue weighted by Crippen LogP contribution is 2.44. The van der Waals surface area contributed by atoms with E-state index in [1.54, 1.807) is 67.5 Å². The fourth-order valence-electron chi connectivity index (χ4n) is 3.93. The highest BCUT2D eigenvalue weighted by molar-refractivity contribution is 7.98. The smallest absolute Gasteiger partial charge is 0.311 e. The van der Waals surface area contributed by atoms with Gasteiger partial charge in [0.2, 0.25) is 5.91 Å². The van der Waals surface area contributed by atoms with Gasteiger partial charge in [0, 0.05) is 17.9 Å². The quantitative estimate of drug-likeness (QED) is 0.229. The van der Waals surface area contributed by atoms with Crippen LogP contribution in [0.2, 0.25) is 0 Å². The van der Waals surface area contributed by atoms with Crippen LogP contribution in [0.15, 0.2) is 47.6 Å². The lowest BCUT2D eigenvalue weighted by atomic mass is 10.00. The monoisotopic (exact) mass is 480 g/mol. The zero-order valence-corrected chi connectivity index (χ0v) is 20.1. The maximum absolute atomic E-state index is 13.4. The molecule has 3 aromatic rings. The van der Waals surface area contributed by atoms with Gasteiger partial charge in [-0.2, -0.15) is 0 Å². The fraction of sp³-hybridized carbons (Fsp3) is 0.292. The number of para-hydroxylation sites is 2. The van der Waals surface area contributed by atoms with Crippen LogP contribution in [-0.2, 0) is 9.59 Å². The molecule has 4 rings (SSSR count). The Bertz CT molecular complexity index is 1270. The maximum Gasteiger partial charge on any atom is 0.311 e. The third-order valence-electron chi connectivity index (χ3n) is 5.48. The van der Waals surface area contributed by atoms with Crippen molar-refractivity contribution < 1.29 is 28.9 Å². The number of amides is 1. The van der Waals surface area contributed by atoms with E-state index in [1.807, 2.05) is 0 Å². The van der Waals surface area contributed by atoms with Gasteiger partial charge in [0.25, 0.3) is 17.0 Å². The van der Waals surface area contributed by atoms with E-state index in [1.165, 1.54) is 23.6 Å². The minimum Gasteiger partial charge on any atom is -0.854 e. The first-order valence-corrected chi connectivity index (χ1v) is 12.0. The van der Waals surface area contributed by atoms with Gasteiger partial charge in [-0.1, -0.05) is 48.5 Å². The molecule has 1 aromatic heterocycles. The van der Waals surface area contributed by atoms with Crippen molar-refractivity contribution in [1.29, 1.82) is 0 Å². The summed E-state index contributed by atoms with van der Waals surface area (Å²) in [6.07, 6.45) is 1.21. The summed E-state index contributed by atoms with van der Waals surface area (Å²) in [6, 6.07) is 12.3. The zero-order chi connectivity index (χ0) is 24.4. The Hall–Kier alpha value is -3.66. The van der Waals surface area contributed by atoms with Gasteiger partial charge in [0.05, 0.1) is 29.8 Å². The van der Waals surface area contributed by atoms with Crippen molar-refractivity contribution in [2.24, 2.45) is 0 Å². The number of rotatable bonds is 6. The normalized spacial score (nSPS) is 14.2. The van der Waals surface area contributed by atoms with Crippen LogP contribution in [0.25, 0.3) is 11.3 Å². The van der Waals surface area contributed by atoms with Gasteiger partial charge in [-0.15, -0.1) is 0 Å². The van der Waals surface area contributed by atoms with Gasteiger partial charge in [-0.3, -0.25) is 9.59 Å². The highest BCUT2D eigenvalue weighted by Gasteiger charge is 2.46. The third-order valence-corrected chi connectivity index (χ3v) is 6.02. The van der Waals surface area contributed by atoms with E-state index in [0.717, 1.165) is 0 Å². The fourth-order valence-corrected chi connectivity index (χ4v) is 4.28. The van der Waals surface area contributed by atoms with E-state index < -0.39 is 18.0 Å². The van der Waals surface area contributed by atoms with Crippen LogP contribution in [0.1, 0.15) is 38.4 Å². The van der Waals surface area contributed by atoms with Crippen LogP contribution >= 0.6 is 11.8 Å². The van der Waals surface area contributed by atoms with Gasteiger partial charge < -0.3 is 14.6 Å². The Labute approximate surface area is 201 Å². The Morgan fingerprint density at radius 3 is 2.59 bits per heavy atom. The molecule has 1 aliphatic rings. The number of hydrogen-bond donors (Lipinski definition) is 0. The molecule has 0 saturated carbocycles. The molecular weight excluding hydrogens is 456 g/mol. The number of hydrogen-bond acceptors (Lipinski definition) is 8. The molecule has 0 aliphatic carbocycles. The van der Waals surface area contributed by atoms with Crippen LogP contribution < -0.4 is 24.2 Å². The van der Waals surface area contributed by atoms with Crippen LogP contribution in [0.3, 0.4) is 0 Å². The molecule has 1 unspecified atom stereocenters. The summed E-state index contributed by atoms with van der Waals surface area (Å²) in [5, 5.41) is 18.0. The number of nitrogens with zero attached hydrogens (tertiary/aromatic N) is 4. The average Bonchev–Trinajstić information content (AvgIpc) is 2.87. The molecule has 34 heavy (non-hydrogen) atoms. The molecule has 2 heterocycles. The summed E-state index contributed by atoms with van der Waals surface area (Å²) in [7, 11) is 1.47. The number of benzene rings is 2. The van der Waals surface area contributed by atoms with Gasteiger partial charge in [-0.05, 0) is 30.5 Å². The number of anilines is 1. The number of thioether (sulfide) groups is 1. The van der Waals surface area contributed by atoms with E-state index in [0.29, 0.717) is 22.6 Å².